The Morgan fingerprint density at radius 2 is 1.96 bits per heavy atom. The lowest BCUT2D eigenvalue weighted by Gasteiger charge is -2.30. The number of likely N-dealkylation sites (N-methyl/N-ethyl adjacent to an activating group) is 1. The molecule has 3 rings (SSSR count). The maximum Gasteiger partial charge on any atom is 0.160 e. The first-order valence-corrected chi connectivity index (χ1v) is 9.66. The van der Waals surface area contributed by atoms with Crippen molar-refractivity contribution in [2.24, 2.45) is 0 Å². The van der Waals surface area contributed by atoms with Gasteiger partial charge in [-0.2, -0.15) is 0 Å². The summed E-state index contributed by atoms with van der Waals surface area (Å²) in [5.41, 5.74) is 1.47. The van der Waals surface area contributed by atoms with Gasteiger partial charge in [0.1, 0.15) is 17.2 Å². The van der Waals surface area contributed by atoms with Gasteiger partial charge in [0.15, 0.2) is 5.65 Å². The maximum absolute atomic E-state index is 13.6. The van der Waals surface area contributed by atoms with Crippen LogP contribution in [0.4, 0.5) is 4.39 Å². The molecule has 0 amide bonds. The number of nitrogens with zero attached hydrogens (tertiary/aromatic N) is 5. The van der Waals surface area contributed by atoms with Crippen LogP contribution in [0.25, 0.3) is 11.2 Å². The number of aryl methyl sites for hydroxylation is 1. The number of fused-ring (bicyclic) bond motifs is 1. The average Bonchev–Trinajstić information content (AvgIpc) is 2.80. The topological polar surface area (TPSA) is 37.2 Å². The van der Waals surface area contributed by atoms with E-state index in [2.05, 4.69) is 40.1 Å². The van der Waals surface area contributed by atoms with Crippen molar-refractivity contribution in [3.63, 3.8) is 0 Å². The van der Waals surface area contributed by atoms with E-state index in [-0.39, 0.29) is 11.9 Å². The van der Waals surface area contributed by atoms with Gasteiger partial charge in [-0.1, -0.05) is 20.3 Å². The lowest BCUT2D eigenvalue weighted by molar-refractivity contribution is 0.179. The monoisotopic (exact) mass is 347 g/mol. The highest BCUT2D eigenvalue weighted by atomic mass is 19.1. The third kappa shape index (κ3) is 3.85. The van der Waals surface area contributed by atoms with E-state index in [0.29, 0.717) is 5.52 Å². The molecule has 0 N–H and O–H groups in total. The molecule has 2 aromatic heterocycles. The minimum Gasteiger partial charge on any atom is -0.312 e. The molecule has 2 aromatic rings. The molecule has 0 radical (unpaired) electrons. The van der Waals surface area contributed by atoms with E-state index < -0.39 is 0 Å². The summed E-state index contributed by atoms with van der Waals surface area (Å²) in [6.07, 6.45) is 4.65. The standard InChI is InChI=1S/C19H30FN5/c1-4-8-17(24-10-7-9-23(5-2)11-12-24)19-22-16-13-15(20)14-21-18(16)25(19)6-3/h13-14,17H,4-12H2,1-3H3. The average molecular weight is 347 g/mol. The normalized spacial score (nSPS) is 18.6. The number of hydrogen-bond acceptors (Lipinski definition) is 4. The summed E-state index contributed by atoms with van der Waals surface area (Å²) in [6, 6.07) is 1.78. The summed E-state index contributed by atoms with van der Waals surface area (Å²) in [6.45, 7) is 12.9. The number of hydrogen-bond donors (Lipinski definition) is 0. The number of rotatable bonds is 6. The van der Waals surface area contributed by atoms with Crippen LogP contribution >= 0.6 is 0 Å². The summed E-state index contributed by atoms with van der Waals surface area (Å²) < 4.78 is 15.8. The summed E-state index contributed by atoms with van der Waals surface area (Å²) in [7, 11) is 0. The van der Waals surface area contributed by atoms with E-state index in [1.165, 1.54) is 25.2 Å². The smallest absolute Gasteiger partial charge is 0.160 e. The molecule has 0 aliphatic carbocycles. The van der Waals surface area contributed by atoms with Crippen LogP contribution in [0.15, 0.2) is 12.3 Å². The van der Waals surface area contributed by atoms with Crippen molar-refractivity contribution in [2.45, 2.75) is 52.6 Å². The van der Waals surface area contributed by atoms with E-state index in [4.69, 9.17) is 4.98 Å². The molecule has 1 unspecified atom stereocenters. The molecule has 1 aliphatic rings. The van der Waals surface area contributed by atoms with Gasteiger partial charge >= 0.3 is 0 Å². The molecular formula is C19H30FN5. The Labute approximate surface area is 149 Å². The molecule has 0 aromatic carbocycles. The predicted molar refractivity (Wildman–Crippen MR) is 99.1 cm³/mol. The van der Waals surface area contributed by atoms with Crippen LogP contribution in [0.1, 0.15) is 51.9 Å². The molecule has 1 aliphatic heterocycles. The van der Waals surface area contributed by atoms with Crippen molar-refractivity contribution < 1.29 is 4.39 Å². The third-order valence-electron chi connectivity index (χ3n) is 5.27. The van der Waals surface area contributed by atoms with Crippen molar-refractivity contribution in [1.29, 1.82) is 0 Å². The fourth-order valence-corrected chi connectivity index (χ4v) is 3.94. The van der Waals surface area contributed by atoms with Gasteiger partial charge in [0.2, 0.25) is 0 Å². The second-order valence-electron chi connectivity index (χ2n) is 6.84. The fraction of sp³-hybridized carbons (Fsp3) is 0.684. The summed E-state index contributed by atoms with van der Waals surface area (Å²) >= 11 is 0. The molecule has 1 saturated heterocycles. The van der Waals surface area contributed by atoms with E-state index in [1.807, 2.05) is 0 Å². The highest BCUT2D eigenvalue weighted by molar-refractivity contribution is 5.71. The minimum absolute atomic E-state index is 0.277. The second kappa shape index (κ2) is 8.23. The van der Waals surface area contributed by atoms with Gasteiger partial charge in [-0.05, 0) is 32.9 Å². The molecule has 3 heterocycles. The highest BCUT2D eigenvalue weighted by Crippen LogP contribution is 2.29. The Balaban J connectivity index is 1.96. The van der Waals surface area contributed by atoms with E-state index in [1.54, 1.807) is 0 Å². The van der Waals surface area contributed by atoms with Crippen LogP contribution in [0.5, 0.6) is 0 Å². The van der Waals surface area contributed by atoms with Gasteiger partial charge < -0.3 is 9.47 Å². The Morgan fingerprint density at radius 1 is 1.12 bits per heavy atom. The fourth-order valence-electron chi connectivity index (χ4n) is 3.94. The molecule has 138 valence electrons. The summed E-state index contributed by atoms with van der Waals surface area (Å²) in [4.78, 5) is 14.2. The van der Waals surface area contributed by atoms with Gasteiger partial charge in [0.05, 0.1) is 12.2 Å². The molecule has 25 heavy (non-hydrogen) atoms. The first-order chi connectivity index (χ1) is 12.2. The van der Waals surface area contributed by atoms with Crippen LogP contribution in [-0.4, -0.2) is 57.1 Å². The lowest BCUT2D eigenvalue weighted by Crippen LogP contribution is -2.34. The third-order valence-corrected chi connectivity index (χ3v) is 5.27. The van der Waals surface area contributed by atoms with Gasteiger partial charge in [0, 0.05) is 32.2 Å². The van der Waals surface area contributed by atoms with Gasteiger partial charge in [0.25, 0.3) is 0 Å². The zero-order valence-electron chi connectivity index (χ0n) is 15.7. The number of imidazole rings is 1. The Kier molecular flexibility index (Phi) is 6.02. The summed E-state index contributed by atoms with van der Waals surface area (Å²) in [5, 5.41) is 0. The molecule has 0 spiro atoms. The zero-order valence-corrected chi connectivity index (χ0v) is 15.7. The predicted octanol–water partition coefficient (Wildman–Crippen LogP) is 3.46. The highest BCUT2D eigenvalue weighted by Gasteiger charge is 2.27. The van der Waals surface area contributed by atoms with E-state index in [0.717, 1.165) is 57.0 Å². The summed E-state index contributed by atoms with van der Waals surface area (Å²) in [5.74, 6) is 0.725. The second-order valence-corrected chi connectivity index (χ2v) is 6.84. The Bertz CT molecular complexity index is 698. The van der Waals surface area contributed by atoms with Crippen molar-refractivity contribution in [1.82, 2.24) is 24.3 Å². The molecule has 5 nitrogen and oxygen atoms in total. The van der Waals surface area contributed by atoms with E-state index in [9.17, 15) is 4.39 Å². The Hall–Kier alpha value is -1.53. The largest absolute Gasteiger partial charge is 0.312 e. The van der Waals surface area contributed by atoms with Crippen LogP contribution in [0.2, 0.25) is 0 Å². The lowest BCUT2D eigenvalue weighted by atomic mass is 10.1. The van der Waals surface area contributed by atoms with Crippen LogP contribution in [0.3, 0.4) is 0 Å². The van der Waals surface area contributed by atoms with E-state index >= 15 is 0 Å². The number of aromatic nitrogens is 3. The first-order valence-electron chi connectivity index (χ1n) is 9.66. The zero-order chi connectivity index (χ0) is 17.8. The van der Waals surface area contributed by atoms with Crippen molar-refractivity contribution in [3.8, 4) is 0 Å². The molecular weight excluding hydrogens is 317 g/mol. The number of pyridine rings is 1. The van der Waals surface area contributed by atoms with Crippen molar-refractivity contribution in [3.05, 3.63) is 23.9 Å². The molecule has 0 bridgehead atoms. The Morgan fingerprint density at radius 3 is 2.68 bits per heavy atom. The molecule has 6 heteroatoms. The van der Waals surface area contributed by atoms with Crippen molar-refractivity contribution in [2.75, 3.05) is 32.7 Å². The maximum atomic E-state index is 13.6. The van der Waals surface area contributed by atoms with Crippen LogP contribution in [0, 0.1) is 5.82 Å². The molecule has 1 atom stereocenters. The SMILES string of the molecule is CCCC(c1nc2cc(F)cnc2n1CC)N1CCCN(CC)CC1. The molecule has 1 fully saturated rings. The quantitative estimate of drug-likeness (QED) is 0.802. The van der Waals surface area contributed by atoms with Crippen LogP contribution in [-0.2, 0) is 6.54 Å². The first kappa shape index (κ1) is 18.3. The minimum atomic E-state index is -0.319. The van der Waals surface area contributed by atoms with Gasteiger partial charge in [-0.15, -0.1) is 0 Å². The molecule has 0 saturated carbocycles. The van der Waals surface area contributed by atoms with Crippen molar-refractivity contribution >= 4 is 11.2 Å². The van der Waals surface area contributed by atoms with Gasteiger partial charge in [-0.25, -0.2) is 14.4 Å². The number of halogens is 1. The van der Waals surface area contributed by atoms with Gasteiger partial charge in [-0.3, -0.25) is 4.90 Å². The van der Waals surface area contributed by atoms with Crippen LogP contribution < -0.4 is 0 Å².